The highest BCUT2D eigenvalue weighted by molar-refractivity contribution is 5.88. The Labute approximate surface area is 159 Å². The van der Waals surface area contributed by atoms with Crippen molar-refractivity contribution in [1.29, 1.82) is 0 Å². The Bertz CT molecular complexity index is 705. The minimum Gasteiger partial charge on any atom is -0.350 e. The maximum atomic E-state index is 11.9. The van der Waals surface area contributed by atoms with Crippen molar-refractivity contribution in [2.24, 2.45) is 11.7 Å². The first kappa shape index (κ1) is 23.1. The molecular formula is C17H24Cl2N4O2. The predicted molar refractivity (Wildman–Crippen MR) is 104 cm³/mol. The van der Waals surface area contributed by atoms with E-state index in [4.69, 9.17) is 5.73 Å². The summed E-state index contributed by atoms with van der Waals surface area (Å²) >= 11 is 0. The van der Waals surface area contributed by atoms with Crippen molar-refractivity contribution in [3.63, 3.8) is 0 Å². The van der Waals surface area contributed by atoms with Gasteiger partial charge in [-0.05, 0) is 17.5 Å². The van der Waals surface area contributed by atoms with Crippen LogP contribution in [0.25, 0.3) is 10.9 Å². The van der Waals surface area contributed by atoms with Crippen LogP contribution in [-0.2, 0) is 16.1 Å². The maximum Gasteiger partial charge on any atom is 0.239 e. The Hall–Kier alpha value is -1.89. The number of rotatable bonds is 6. The minimum atomic E-state index is -0.606. The number of halogens is 2. The number of benzene rings is 1. The molecule has 0 aliphatic rings. The largest absolute Gasteiger partial charge is 0.350 e. The second kappa shape index (κ2) is 10.9. The molecular weight excluding hydrogens is 363 g/mol. The standard InChI is InChI=1S/C17H22N4O2.2ClH/c1-11(2)15(18)17(23)21-10-14(22)20-9-13-6-3-5-12-7-4-8-19-16(12)13;;/h3-8,11,15H,9-10,18H2,1-2H3,(H,20,22)(H,21,23);2*1H/t15-;;/m0../s1. The first-order valence-electron chi connectivity index (χ1n) is 7.61. The van der Waals surface area contributed by atoms with E-state index < -0.39 is 6.04 Å². The van der Waals surface area contributed by atoms with Crippen LogP contribution >= 0.6 is 24.8 Å². The van der Waals surface area contributed by atoms with Gasteiger partial charge in [0.2, 0.25) is 11.8 Å². The quantitative estimate of drug-likeness (QED) is 0.704. The van der Waals surface area contributed by atoms with Crippen molar-refractivity contribution >= 4 is 47.5 Å². The van der Waals surface area contributed by atoms with Crippen molar-refractivity contribution in [3.8, 4) is 0 Å². The SMILES string of the molecule is CC(C)[C@H](N)C(=O)NCC(=O)NCc1cccc2cccnc12.Cl.Cl. The molecule has 0 spiro atoms. The molecule has 1 aromatic carbocycles. The third-order valence-corrected chi connectivity index (χ3v) is 3.64. The molecule has 2 rings (SSSR count). The fraction of sp³-hybridized carbons (Fsp3) is 0.353. The van der Waals surface area contributed by atoms with Crippen LogP contribution in [0.5, 0.6) is 0 Å². The number of amides is 2. The molecule has 1 heterocycles. The molecule has 138 valence electrons. The first-order chi connectivity index (χ1) is 11.0. The lowest BCUT2D eigenvalue weighted by Gasteiger charge is -2.15. The van der Waals surface area contributed by atoms with E-state index in [0.29, 0.717) is 6.54 Å². The molecule has 0 bridgehead atoms. The number of para-hydroxylation sites is 1. The summed E-state index contributed by atoms with van der Waals surface area (Å²) in [5, 5.41) is 6.35. The van der Waals surface area contributed by atoms with Gasteiger partial charge >= 0.3 is 0 Å². The molecule has 4 N–H and O–H groups in total. The predicted octanol–water partition coefficient (Wildman–Crippen LogP) is 1.79. The number of nitrogens with two attached hydrogens (primary N) is 1. The van der Waals surface area contributed by atoms with Gasteiger partial charge in [-0.2, -0.15) is 0 Å². The first-order valence-corrected chi connectivity index (χ1v) is 7.61. The summed E-state index contributed by atoms with van der Waals surface area (Å²) in [4.78, 5) is 27.9. The van der Waals surface area contributed by atoms with Gasteiger partial charge in [-0.3, -0.25) is 14.6 Å². The van der Waals surface area contributed by atoms with Crippen LogP contribution in [0.3, 0.4) is 0 Å². The van der Waals surface area contributed by atoms with Crippen molar-refractivity contribution in [3.05, 3.63) is 42.1 Å². The van der Waals surface area contributed by atoms with Gasteiger partial charge in [-0.15, -0.1) is 24.8 Å². The van der Waals surface area contributed by atoms with Gasteiger partial charge in [0.05, 0.1) is 18.1 Å². The highest BCUT2D eigenvalue weighted by Crippen LogP contribution is 2.15. The van der Waals surface area contributed by atoms with Crippen LogP contribution in [-0.4, -0.2) is 29.4 Å². The van der Waals surface area contributed by atoms with Gasteiger partial charge in [0, 0.05) is 18.1 Å². The fourth-order valence-corrected chi connectivity index (χ4v) is 2.15. The summed E-state index contributed by atoms with van der Waals surface area (Å²) in [6.07, 6.45) is 1.72. The summed E-state index contributed by atoms with van der Waals surface area (Å²) < 4.78 is 0. The van der Waals surface area contributed by atoms with Gasteiger partial charge in [0.15, 0.2) is 0 Å². The molecule has 0 aliphatic carbocycles. The molecule has 2 aromatic rings. The molecule has 1 atom stereocenters. The number of nitrogens with one attached hydrogen (secondary N) is 2. The molecule has 8 heteroatoms. The van der Waals surface area contributed by atoms with Crippen LogP contribution in [0.15, 0.2) is 36.5 Å². The summed E-state index contributed by atoms with van der Waals surface area (Å²) in [7, 11) is 0. The molecule has 25 heavy (non-hydrogen) atoms. The summed E-state index contributed by atoms with van der Waals surface area (Å²) in [5.41, 5.74) is 7.52. The number of hydrogen-bond acceptors (Lipinski definition) is 4. The maximum absolute atomic E-state index is 11.9. The zero-order valence-electron chi connectivity index (χ0n) is 14.2. The third-order valence-electron chi connectivity index (χ3n) is 3.64. The van der Waals surface area contributed by atoms with Crippen LogP contribution in [0.1, 0.15) is 19.4 Å². The Morgan fingerprint density at radius 2 is 1.80 bits per heavy atom. The Balaban J connectivity index is 0.00000288. The summed E-state index contributed by atoms with van der Waals surface area (Å²) in [6.45, 7) is 3.99. The average molecular weight is 387 g/mol. The molecule has 0 fully saturated rings. The molecule has 0 saturated heterocycles. The van der Waals surface area contributed by atoms with Gasteiger partial charge in [-0.25, -0.2) is 0 Å². The number of carbonyl (C=O) groups is 2. The van der Waals surface area contributed by atoms with E-state index >= 15 is 0 Å². The van der Waals surface area contributed by atoms with Crippen molar-refractivity contribution in [1.82, 2.24) is 15.6 Å². The number of aromatic nitrogens is 1. The van der Waals surface area contributed by atoms with Crippen LogP contribution in [0.4, 0.5) is 0 Å². The zero-order chi connectivity index (χ0) is 16.8. The molecule has 2 amide bonds. The topological polar surface area (TPSA) is 97.1 Å². The number of nitrogens with zero attached hydrogens (tertiary/aromatic N) is 1. The number of hydrogen-bond donors (Lipinski definition) is 3. The lowest BCUT2D eigenvalue weighted by molar-refractivity contribution is -0.127. The second-order valence-corrected chi connectivity index (χ2v) is 5.76. The Morgan fingerprint density at radius 1 is 1.12 bits per heavy atom. The van der Waals surface area contributed by atoms with E-state index in [-0.39, 0.29) is 49.1 Å². The number of fused-ring (bicyclic) bond motifs is 1. The van der Waals surface area contributed by atoms with Crippen LogP contribution in [0.2, 0.25) is 0 Å². The van der Waals surface area contributed by atoms with Gasteiger partial charge in [-0.1, -0.05) is 38.1 Å². The lowest BCUT2D eigenvalue weighted by atomic mass is 10.1. The smallest absolute Gasteiger partial charge is 0.239 e. The highest BCUT2D eigenvalue weighted by atomic mass is 35.5. The van der Waals surface area contributed by atoms with E-state index in [1.807, 2.05) is 44.2 Å². The number of pyridine rings is 1. The molecule has 0 aliphatic heterocycles. The molecule has 0 saturated carbocycles. The molecule has 6 nitrogen and oxygen atoms in total. The fourth-order valence-electron chi connectivity index (χ4n) is 2.15. The van der Waals surface area contributed by atoms with Gasteiger partial charge in [0.25, 0.3) is 0 Å². The van der Waals surface area contributed by atoms with Crippen molar-refractivity contribution in [2.45, 2.75) is 26.4 Å². The van der Waals surface area contributed by atoms with Crippen LogP contribution < -0.4 is 16.4 Å². The van der Waals surface area contributed by atoms with Gasteiger partial charge < -0.3 is 16.4 Å². The van der Waals surface area contributed by atoms with E-state index in [1.54, 1.807) is 6.20 Å². The Kier molecular flexibility index (Phi) is 10.0. The highest BCUT2D eigenvalue weighted by Gasteiger charge is 2.17. The zero-order valence-corrected chi connectivity index (χ0v) is 15.8. The van der Waals surface area contributed by atoms with E-state index in [2.05, 4.69) is 15.6 Å². The van der Waals surface area contributed by atoms with E-state index in [1.165, 1.54) is 0 Å². The second-order valence-electron chi connectivity index (χ2n) is 5.76. The summed E-state index contributed by atoms with van der Waals surface area (Å²) in [6, 6.07) is 9.06. The van der Waals surface area contributed by atoms with Crippen molar-refractivity contribution in [2.75, 3.05) is 6.54 Å². The van der Waals surface area contributed by atoms with E-state index in [9.17, 15) is 9.59 Å². The summed E-state index contributed by atoms with van der Waals surface area (Å²) in [5.74, 6) is -0.552. The van der Waals surface area contributed by atoms with Crippen molar-refractivity contribution < 1.29 is 9.59 Å². The van der Waals surface area contributed by atoms with Gasteiger partial charge in [0.1, 0.15) is 0 Å². The van der Waals surface area contributed by atoms with E-state index in [0.717, 1.165) is 16.5 Å². The average Bonchev–Trinajstić information content (AvgIpc) is 2.56. The Morgan fingerprint density at radius 3 is 2.48 bits per heavy atom. The monoisotopic (exact) mass is 386 g/mol. The number of carbonyl (C=O) groups excluding carboxylic acids is 2. The molecule has 0 radical (unpaired) electrons. The molecule has 0 unspecified atom stereocenters. The minimum absolute atomic E-state index is 0. The normalized spacial score (nSPS) is 11.2. The lowest BCUT2D eigenvalue weighted by Crippen LogP contribution is -2.47. The molecule has 1 aromatic heterocycles. The van der Waals surface area contributed by atoms with Crippen LogP contribution in [0, 0.1) is 5.92 Å². The third kappa shape index (κ3) is 6.49.